The summed E-state index contributed by atoms with van der Waals surface area (Å²) >= 11 is 0. The normalized spacial score (nSPS) is 13.5. The summed E-state index contributed by atoms with van der Waals surface area (Å²) < 4.78 is 0. The summed E-state index contributed by atoms with van der Waals surface area (Å²) in [6, 6.07) is 66.2. The maximum atomic E-state index is 2.44. The summed E-state index contributed by atoms with van der Waals surface area (Å²) in [6.45, 7) is 0. The minimum Gasteiger partial charge on any atom is -0.310 e. The predicted molar refractivity (Wildman–Crippen MR) is 187 cm³/mol. The molecule has 1 spiro atoms. The first-order valence-electron chi connectivity index (χ1n) is 15.5. The van der Waals surface area contributed by atoms with Gasteiger partial charge in [0, 0.05) is 22.7 Å². The summed E-state index contributed by atoms with van der Waals surface area (Å²) in [7, 11) is 0. The molecule has 0 bridgehead atoms. The van der Waals surface area contributed by atoms with Crippen LogP contribution in [0.2, 0.25) is 0 Å². The van der Waals surface area contributed by atoms with Crippen LogP contribution in [0, 0.1) is 0 Å². The molecule has 1 heterocycles. The number of rotatable bonds is 4. The Bertz CT molecular complexity index is 2090. The van der Waals surface area contributed by atoms with Crippen LogP contribution in [0.1, 0.15) is 22.3 Å². The maximum Gasteiger partial charge on any atom is 0.0755 e. The standard InChI is InChI=1S/C43H30N2/c1-4-16-31(17-5-1)44(32-18-6-2-7-19-32)34-28-29-42-40(30-34)43(37-24-12-10-22-35(37)36-23-11-13-25-38(36)43)39-26-14-15-27-41(39)45(42)33-20-8-3-9-21-33/h1-30H. The van der Waals surface area contributed by atoms with Gasteiger partial charge in [-0.25, -0.2) is 0 Å². The van der Waals surface area contributed by atoms with Gasteiger partial charge in [-0.1, -0.05) is 121 Å². The molecule has 0 N–H and O–H groups in total. The number of fused-ring (bicyclic) bond motifs is 9. The van der Waals surface area contributed by atoms with Gasteiger partial charge in [-0.15, -0.1) is 0 Å². The van der Waals surface area contributed by atoms with Crippen molar-refractivity contribution in [2.24, 2.45) is 0 Å². The zero-order valence-corrected chi connectivity index (χ0v) is 24.7. The van der Waals surface area contributed by atoms with Gasteiger partial charge in [0.1, 0.15) is 0 Å². The van der Waals surface area contributed by atoms with Gasteiger partial charge in [-0.05, 0) is 94.0 Å². The van der Waals surface area contributed by atoms with E-state index in [9.17, 15) is 0 Å². The van der Waals surface area contributed by atoms with E-state index < -0.39 is 5.41 Å². The molecular formula is C43H30N2. The molecule has 0 atom stereocenters. The van der Waals surface area contributed by atoms with Crippen LogP contribution >= 0.6 is 0 Å². The molecule has 2 heteroatoms. The van der Waals surface area contributed by atoms with Crippen LogP contribution in [0.4, 0.5) is 34.1 Å². The quantitative estimate of drug-likeness (QED) is 0.206. The van der Waals surface area contributed by atoms with Crippen LogP contribution < -0.4 is 9.80 Å². The van der Waals surface area contributed by atoms with E-state index in [4.69, 9.17) is 0 Å². The third kappa shape index (κ3) is 3.69. The smallest absolute Gasteiger partial charge is 0.0755 e. The van der Waals surface area contributed by atoms with Gasteiger partial charge >= 0.3 is 0 Å². The average molecular weight is 575 g/mol. The van der Waals surface area contributed by atoms with E-state index in [0.717, 1.165) is 22.7 Å². The van der Waals surface area contributed by atoms with Gasteiger partial charge in [0.05, 0.1) is 16.8 Å². The molecule has 0 fully saturated rings. The molecular weight excluding hydrogens is 544 g/mol. The number of nitrogens with zero attached hydrogens (tertiary/aromatic N) is 2. The summed E-state index contributed by atoms with van der Waals surface area (Å²) in [5.74, 6) is 0. The summed E-state index contributed by atoms with van der Waals surface area (Å²) in [4.78, 5) is 4.81. The SMILES string of the molecule is c1ccc(N(c2ccccc2)c2ccc3c(c2)C2(c4ccccc4-c4ccccc42)c2ccccc2N3c2ccccc2)cc1. The van der Waals surface area contributed by atoms with Crippen LogP contribution in [0.25, 0.3) is 11.1 Å². The van der Waals surface area contributed by atoms with Crippen LogP contribution in [0.5, 0.6) is 0 Å². The van der Waals surface area contributed by atoms with Gasteiger partial charge in [0.2, 0.25) is 0 Å². The molecule has 0 amide bonds. The Labute approximate surface area is 264 Å². The van der Waals surface area contributed by atoms with E-state index in [1.165, 1.54) is 44.8 Å². The van der Waals surface area contributed by atoms with Gasteiger partial charge in [0.25, 0.3) is 0 Å². The largest absolute Gasteiger partial charge is 0.310 e. The van der Waals surface area contributed by atoms with Crippen molar-refractivity contribution in [3.05, 3.63) is 204 Å². The highest BCUT2D eigenvalue weighted by Crippen LogP contribution is 2.63. The highest BCUT2D eigenvalue weighted by atomic mass is 15.2. The average Bonchev–Trinajstić information content (AvgIpc) is 3.41. The Kier molecular flexibility index (Phi) is 5.76. The minimum absolute atomic E-state index is 0.487. The molecule has 45 heavy (non-hydrogen) atoms. The minimum atomic E-state index is -0.487. The van der Waals surface area contributed by atoms with Crippen molar-refractivity contribution < 1.29 is 0 Å². The maximum absolute atomic E-state index is 2.44. The molecule has 1 aliphatic carbocycles. The Morgan fingerprint density at radius 1 is 0.356 bits per heavy atom. The summed E-state index contributed by atoms with van der Waals surface area (Å²) in [5, 5.41) is 0. The van der Waals surface area contributed by atoms with Crippen molar-refractivity contribution in [1.29, 1.82) is 0 Å². The zero-order chi connectivity index (χ0) is 29.8. The fourth-order valence-electron chi connectivity index (χ4n) is 7.69. The Hall–Kier alpha value is -5.86. The number of hydrogen-bond donors (Lipinski definition) is 0. The summed E-state index contributed by atoms with van der Waals surface area (Å²) in [6.07, 6.45) is 0. The number of anilines is 6. The lowest BCUT2D eigenvalue weighted by molar-refractivity contribution is 0.752. The number of para-hydroxylation sites is 4. The fourth-order valence-corrected chi connectivity index (χ4v) is 7.69. The molecule has 0 aromatic heterocycles. The molecule has 9 rings (SSSR count). The van der Waals surface area contributed by atoms with Crippen LogP contribution in [0.15, 0.2) is 182 Å². The van der Waals surface area contributed by atoms with Crippen molar-refractivity contribution in [2.75, 3.05) is 9.80 Å². The number of benzene rings is 7. The Balaban J connectivity index is 1.41. The van der Waals surface area contributed by atoms with Crippen molar-refractivity contribution >= 4 is 34.1 Å². The van der Waals surface area contributed by atoms with Crippen molar-refractivity contribution in [3.63, 3.8) is 0 Å². The highest BCUT2D eigenvalue weighted by Gasteiger charge is 2.51. The lowest BCUT2D eigenvalue weighted by Crippen LogP contribution is -2.36. The molecule has 2 nitrogen and oxygen atoms in total. The molecule has 2 aliphatic rings. The van der Waals surface area contributed by atoms with E-state index in [0.29, 0.717) is 0 Å². The highest BCUT2D eigenvalue weighted by molar-refractivity contribution is 5.96. The van der Waals surface area contributed by atoms with Crippen molar-refractivity contribution in [2.45, 2.75) is 5.41 Å². The molecule has 0 radical (unpaired) electrons. The first kappa shape index (κ1) is 25.6. The van der Waals surface area contributed by atoms with E-state index in [1.807, 2.05) is 0 Å². The lowest BCUT2D eigenvalue weighted by Gasteiger charge is -2.45. The fraction of sp³-hybridized carbons (Fsp3) is 0.0233. The monoisotopic (exact) mass is 574 g/mol. The predicted octanol–water partition coefficient (Wildman–Crippen LogP) is 11.3. The topological polar surface area (TPSA) is 6.48 Å². The molecule has 212 valence electrons. The van der Waals surface area contributed by atoms with Crippen LogP contribution in [-0.2, 0) is 5.41 Å². The first-order valence-corrected chi connectivity index (χ1v) is 15.5. The molecule has 0 saturated heterocycles. The molecule has 0 unspecified atom stereocenters. The first-order chi connectivity index (χ1) is 22.4. The Morgan fingerprint density at radius 3 is 1.42 bits per heavy atom. The van der Waals surface area contributed by atoms with Crippen molar-refractivity contribution in [1.82, 2.24) is 0 Å². The van der Waals surface area contributed by atoms with Gasteiger partial charge in [-0.3, -0.25) is 0 Å². The zero-order valence-electron chi connectivity index (χ0n) is 24.7. The number of hydrogen-bond acceptors (Lipinski definition) is 2. The van der Waals surface area contributed by atoms with Crippen LogP contribution in [0.3, 0.4) is 0 Å². The Morgan fingerprint density at radius 2 is 0.822 bits per heavy atom. The van der Waals surface area contributed by atoms with E-state index in [2.05, 4.69) is 192 Å². The third-order valence-electron chi connectivity index (χ3n) is 9.43. The van der Waals surface area contributed by atoms with E-state index in [-0.39, 0.29) is 0 Å². The second kappa shape index (κ2) is 10.1. The van der Waals surface area contributed by atoms with Gasteiger partial charge in [0.15, 0.2) is 0 Å². The second-order valence-corrected chi connectivity index (χ2v) is 11.7. The van der Waals surface area contributed by atoms with Gasteiger partial charge < -0.3 is 9.80 Å². The molecule has 1 aliphatic heterocycles. The molecule has 7 aromatic carbocycles. The second-order valence-electron chi connectivity index (χ2n) is 11.7. The molecule has 0 saturated carbocycles. The van der Waals surface area contributed by atoms with Crippen LogP contribution in [-0.4, -0.2) is 0 Å². The summed E-state index contributed by atoms with van der Waals surface area (Å²) in [5.41, 5.74) is 14.3. The van der Waals surface area contributed by atoms with E-state index in [1.54, 1.807) is 0 Å². The van der Waals surface area contributed by atoms with Crippen molar-refractivity contribution in [3.8, 4) is 11.1 Å². The van der Waals surface area contributed by atoms with Gasteiger partial charge in [-0.2, -0.15) is 0 Å². The lowest BCUT2D eigenvalue weighted by atomic mass is 9.64. The molecule has 7 aromatic rings. The third-order valence-corrected chi connectivity index (χ3v) is 9.43. The van der Waals surface area contributed by atoms with E-state index >= 15 is 0 Å².